The number of aliphatic carboxylic acids is 1. The summed E-state index contributed by atoms with van der Waals surface area (Å²) in [7, 11) is 0. The van der Waals surface area contributed by atoms with E-state index >= 15 is 0 Å². The van der Waals surface area contributed by atoms with Crippen molar-refractivity contribution in [2.24, 2.45) is 11.3 Å². The number of hydrogen-bond acceptors (Lipinski definition) is 7. The summed E-state index contributed by atoms with van der Waals surface area (Å²) in [6.45, 7) is 9.71. The number of hydrogen-bond donors (Lipinski definition) is 2. The molecule has 3 N–H and O–H groups in total. The van der Waals surface area contributed by atoms with Crippen LogP contribution in [0.25, 0.3) is 11.1 Å². The number of carboxylic acids is 1. The molecule has 2 heterocycles. The lowest BCUT2D eigenvalue weighted by Gasteiger charge is -2.31. The lowest BCUT2D eigenvalue weighted by Crippen LogP contribution is -2.31. The van der Waals surface area contributed by atoms with Gasteiger partial charge in [0.2, 0.25) is 11.8 Å². The number of nitrogen functional groups attached to an aromatic ring is 1. The highest BCUT2D eigenvalue weighted by Crippen LogP contribution is 2.38. The van der Waals surface area contributed by atoms with Gasteiger partial charge in [0.15, 0.2) is 5.82 Å². The first-order valence-corrected chi connectivity index (χ1v) is 10.3. The molecule has 31 heavy (non-hydrogen) atoms. The van der Waals surface area contributed by atoms with Gasteiger partial charge in [-0.3, -0.25) is 4.79 Å². The molecule has 0 fully saturated rings. The fourth-order valence-electron chi connectivity index (χ4n) is 3.31. The molecule has 0 radical (unpaired) electrons. The first-order valence-electron chi connectivity index (χ1n) is 10.3. The molecule has 164 valence electrons. The topological polar surface area (TPSA) is 128 Å². The van der Waals surface area contributed by atoms with E-state index in [-0.39, 0.29) is 11.9 Å². The Morgan fingerprint density at radius 1 is 1.10 bits per heavy atom. The van der Waals surface area contributed by atoms with Gasteiger partial charge in [0.05, 0.1) is 10.8 Å². The largest absolute Gasteiger partial charge is 0.481 e. The van der Waals surface area contributed by atoms with Crippen LogP contribution in [-0.4, -0.2) is 31.2 Å². The summed E-state index contributed by atoms with van der Waals surface area (Å²) >= 11 is 0. The van der Waals surface area contributed by atoms with Crippen molar-refractivity contribution in [2.45, 2.75) is 52.9 Å². The molecule has 2 aromatic heterocycles. The summed E-state index contributed by atoms with van der Waals surface area (Å²) in [5, 5.41) is 13.6. The summed E-state index contributed by atoms with van der Waals surface area (Å²) in [4.78, 5) is 24.1. The first-order chi connectivity index (χ1) is 14.5. The predicted octanol–water partition coefficient (Wildman–Crippen LogP) is 4.11. The van der Waals surface area contributed by atoms with Crippen molar-refractivity contribution in [2.75, 3.05) is 5.73 Å². The minimum absolute atomic E-state index is 0.194. The highest BCUT2D eigenvalue weighted by atomic mass is 16.5. The second-order valence-corrected chi connectivity index (χ2v) is 8.97. The number of benzene rings is 1. The summed E-state index contributed by atoms with van der Waals surface area (Å²) in [6, 6.07) is 8.13. The number of nitrogens with two attached hydrogens (primary N) is 1. The third kappa shape index (κ3) is 4.57. The number of carbonyl (C=O) groups is 1. The fourth-order valence-corrected chi connectivity index (χ4v) is 3.31. The lowest BCUT2D eigenvalue weighted by atomic mass is 9.72. The second-order valence-electron chi connectivity index (χ2n) is 8.97. The van der Waals surface area contributed by atoms with Crippen molar-refractivity contribution in [1.82, 2.24) is 20.1 Å². The quantitative estimate of drug-likeness (QED) is 0.554. The molecule has 0 aliphatic carbocycles. The lowest BCUT2D eigenvalue weighted by molar-refractivity contribution is -0.147. The molecule has 1 unspecified atom stereocenters. The Kier molecular flexibility index (Phi) is 6.10. The molecule has 8 nitrogen and oxygen atoms in total. The smallest absolute Gasteiger partial charge is 0.309 e. The molecule has 0 amide bonds. The van der Waals surface area contributed by atoms with Crippen molar-refractivity contribution in [3.8, 4) is 11.1 Å². The van der Waals surface area contributed by atoms with E-state index in [0.717, 1.165) is 16.7 Å². The van der Waals surface area contributed by atoms with Gasteiger partial charge in [0.1, 0.15) is 0 Å². The molecule has 1 aromatic carbocycles. The normalized spacial score (nSPS) is 13.9. The van der Waals surface area contributed by atoms with Crippen LogP contribution in [-0.2, 0) is 16.6 Å². The molecule has 0 spiro atoms. The summed E-state index contributed by atoms with van der Waals surface area (Å²) in [6.07, 6.45) is 4.23. The van der Waals surface area contributed by atoms with Gasteiger partial charge < -0.3 is 15.4 Å². The van der Waals surface area contributed by atoms with E-state index < -0.39 is 16.8 Å². The van der Waals surface area contributed by atoms with E-state index in [1.807, 2.05) is 12.1 Å². The molecule has 0 saturated heterocycles. The zero-order valence-electron chi connectivity index (χ0n) is 18.6. The van der Waals surface area contributed by atoms with E-state index in [0.29, 0.717) is 24.6 Å². The van der Waals surface area contributed by atoms with Gasteiger partial charge in [0.25, 0.3) is 0 Å². The van der Waals surface area contributed by atoms with E-state index in [2.05, 4.69) is 53.0 Å². The number of rotatable bonds is 8. The number of aryl methyl sites for hydroxylation is 1. The SMILES string of the molecule is CC(C)C(C)(c1ccc(-c2cnc(N)nc2)cc1)c1noc(CCC(C)(C)C(=O)O)n1. The zero-order valence-corrected chi connectivity index (χ0v) is 18.6. The van der Waals surface area contributed by atoms with Gasteiger partial charge in [0, 0.05) is 24.4 Å². The van der Waals surface area contributed by atoms with Crippen LogP contribution in [0.2, 0.25) is 0 Å². The van der Waals surface area contributed by atoms with E-state index in [9.17, 15) is 9.90 Å². The Morgan fingerprint density at radius 3 is 2.26 bits per heavy atom. The molecule has 3 rings (SSSR count). The number of nitrogens with zero attached hydrogens (tertiary/aromatic N) is 4. The second kappa shape index (κ2) is 8.45. The van der Waals surface area contributed by atoms with Gasteiger partial charge in [-0.1, -0.05) is 43.3 Å². The Labute approximate surface area is 181 Å². The van der Waals surface area contributed by atoms with Gasteiger partial charge in [-0.2, -0.15) is 4.98 Å². The predicted molar refractivity (Wildman–Crippen MR) is 117 cm³/mol. The van der Waals surface area contributed by atoms with Gasteiger partial charge in [-0.15, -0.1) is 0 Å². The molecule has 0 bridgehead atoms. The average molecular weight is 424 g/mol. The highest BCUT2D eigenvalue weighted by Gasteiger charge is 2.37. The Morgan fingerprint density at radius 2 is 1.71 bits per heavy atom. The van der Waals surface area contributed by atoms with Crippen LogP contribution in [0.4, 0.5) is 5.95 Å². The standard InChI is InChI=1S/C23H29N5O3/c1-14(2)23(5,19-27-18(31-28-19)10-11-22(3,4)20(29)30)17-8-6-15(7-9-17)16-12-25-21(24)26-13-16/h6-9,12-14H,10-11H2,1-5H3,(H,29,30)(H2,24,25,26). The van der Waals surface area contributed by atoms with Gasteiger partial charge in [-0.25, -0.2) is 9.97 Å². The Balaban J connectivity index is 1.86. The van der Waals surface area contributed by atoms with Crippen LogP contribution >= 0.6 is 0 Å². The molecular weight excluding hydrogens is 394 g/mol. The summed E-state index contributed by atoms with van der Waals surface area (Å²) < 4.78 is 5.48. The average Bonchev–Trinajstić information content (AvgIpc) is 3.22. The molecule has 1 atom stereocenters. The zero-order chi connectivity index (χ0) is 22.8. The maximum absolute atomic E-state index is 11.3. The molecule has 0 aliphatic heterocycles. The number of anilines is 1. The molecule has 0 saturated carbocycles. The Bertz CT molecular complexity index is 1040. The summed E-state index contributed by atoms with van der Waals surface area (Å²) in [5.74, 6) is 0.637. The Hall–Kier alpha value is -3.29. The number of carboxylic acid groups (broad SMARTS) is 1. The van der Waals surface area contributed by atoms with E-state index in [1.54, 1.807) is 26.2 Å². The fraction of sp³-hybridized carbons (Fsp3) is 0.435. The van der Waals surface area contributed by atoms with Crippen molar-refractivity contribution < 1.29 is 14.4 Å². The van der Waals surface area contributed by atoms with Crippen LogP contribution in [0.1, 0.15) is 58.3 Å². The molecular formula is C23H29N5O3. The van der Waals surface area contributed by atoms with Crippen molar-refractivity contribution in [1.29, 1.82) is 0 Å². The minimum Gasteiger partial charge on any atom is -0.481 e. The van der Waals surface area contributed by atoms with Crippen LogP contribution < -0.4 is 5.73 Å². The van der Waals surface area contributed by atoms with Crippen molar-refractivity contribution in [3.63, 3.8) is 0 Å². The maximum Gasteiger partial charge on any atom is 0.309 e. The van der Waals surface area contributed by atoms with E-state index in [4.69, 9.17) is 10.3 Å². The molecule has 8 heteroatoms. The van der Waals surface area contributed by atoms with E-state index in [1.165, 1.54) is 0 Å². The molecule has 0 aliphatic rings. The van der Waals surface area contributed by atoms with Crippen molar-refractivity contribution >= 4 is 11.9 Å². The van der Waals surface area contributed by atoms with Crippen molar-refractivity contribution in [3.05, 3.63) is 53.9 Å². The molecule has 3 aromatic rings. The van der Waals surface area contributed by atoms with Crippen LogP contribution in [0, 0.1) is 11.3 Å². The minimum atomic E-state index is -0.850. The van der Waals surface area contributed by atoms with Gasteiger partial charge >= 0.3 is 5.97 Å². The van der Waals surface area contributed by atoms with Gasteiger partial charge in [-0.05, 0) is 44.2 Å². The van der Waals surface area contributed by atoms with Crippen LogP contribution in [0.5, 0.6) is 0 Å². The van der Waals surface area contributed by atoms with Crippen LogP contribution in [0.3, 0.4) is 0 Å². The first kappa shape index (κ1) is 22.4. The number of aromatic nitrogens is 4. The summed E-state index contributed by atoms with van der Waals surface area (Å²) in [5.41, 5.74) is 7.18. The monoisotopic (exact) mass is 423 g/mol. The third-order valence-electron chi connectivity index (χ3n) is 6.12. The third-order valence-corrected chi connectivity index (χ3v) is 6.12. The highest BCUT2D eigenvalue weighted by molar-refractivity contribution is 5.73. The maximum atomic E-state index is 11.3. The van der Waals surface area contributed by atoms with Crippen LogP contribution in [0.15, 0.2) is 41.2 Å².